The smallest absolute Gasteiger partial charge is 0.340 e. The average Bonchev–Trinajstić information content (AvgIpc) is 3.56. The molecule has 2 aliphatic heterocycles. The number of carbonyl (C=O) groups excluding carboxylic acids is 4. The van der Waals surface area contributed by atoms with Gasteiger partial charge in [-0.1, -0.05) is 26.0 Å². The Hall–Kier alpha value is -2.74. The summed E-state index contributed by atoms with van der Waals surface area (Å²) in [5, 5.41) is 26.1. The van der Waals surface area contributed by atoms with Crippen LogP contribution in [0, 0.1) is 40.4 Å². The molecule has 2 N–H and O–H groups in total. The van der Waals surface area contributed by atoms with E-state index < -0.39 is 64.0 Å². The minimum Gasteiger partial charge on any atom is -0.461 e. The highest BCUT2D eigenvalue weighted by Gasteiger charge is 2.91. The zero-order valence-corrected chi connectivity index (χ0v) is 28.2. The molecular formula is C36H46N2O10. The molecule has 2 amide bonds. The quantitative estimate of drug-likeness (QED) is 0.307. The van der Waals surface area contributed by atoms with Gasteiger partial charge in [0, 0.05) is 69.3 Å². The molecule has 12 nitrogen and oxygen atoms in total. The molecule has 260 valence electrons. The Bertz CT molecular complexity index is 1580. The molecule has 3 unspecified atom stereocenters. The van der Waals surface area contributed by atoms with Crippen LogP contribution in [0.4, 0.5) is 5.69 Å². The third-order valence-electron chi connectivity index (χ3n) is 14.0. The van der Waals surface area contributed by atoms with Crippen LogP contribution in [0.5, 0.6) is 0 Å². The number of aliphatic hydroxyl groups is 2. The molecular weight excluding hydrogens is 620 g/mol. The number of imide groups is 1. The molecule has 1 aromatic carbocycles. The van der Waals surface area contributed by atoms with Crippen LogP contribution in [0.2, 0.25) is 0 Å². The molecule has 48 heavy (non-hydrogen) atoms. The van der Waals surface area contributed by atoms with Gasteiger partial charge in [-0.2, -0.15) is 0 Å². The van der Waals surface area contributed by atoms with Gasteiger partial charge in [0.1, 0.15) is 17.0 Å². The molecule has 5 aliphatic carbocycles. The number of likely N-dealkylation sites (tertiary alicyclic amines) is 1. The third-order valence-corrected chi connectivity index (χ3v) is 14.0. The van der Waals surface area contributed by atoms with Gasteiger partial charge in [-0.25, -0.2) is 9.69 Å². The van der Waals surface area contributed by atoms with Gasteiger partial charge in [0.15, 0.2) is 0 Å². The van der Waals surface area contributed by atoms with E-state index in [0.717, 1.165) is 4.90 Å². The lowest BCUT2D eigenvalue weighted by Crippen LogP contribution is -2.81. The third kappa shape index (κ3) is 3.56. The largest absolute Gasteiger partial charge is 0.461 e. The number of piperidine rings is 1. The van der Waals surface area contributed by atoms with Gasteiger partial charge in [0.05, 0.1) is 48.1 Å². The van der Waals surface area contributed by atoms with Crippen LogP contribution < -0.4 is 4.90 Å². The highest BCUT2D eigenvalue weighted by Crippen LogP contribution is 2.80. The number of Topliss-reactive ketones (excluding diaryl/α,β-unsaturated/α-hetero) is 1. The van der Waals surface area contributed by atoms with E-state index >= 15 is 0 Å². The Labute approximate surface area is 280 Å². The highest BCUT2D eigenvalue weighted by atomic mass is 16.5. The zero-order valence-electron chi connectivity index (χ0n) is 28.2. The summed E-state index contributed by atoms with van der Waals surface area (Å²) in [6, 6.07) is 5.93. The minimum atomic E-state index is -1.84. The fourth-order valence-corrected chi connectivity index (χ4v) is 12.6. The first-order chi connectivity index (χ1) is 22.9. The maximum absolute atomic E-state index is 14.1. The van der Waals surface area contributed by atoms with E-state index in [1.165, 1.54) is 0 Å². The fourth-order valence-electron chi connectivity index (χ4n) is 12.6. The Morgan fingerprint density at radius 3 is 2.46 bits per heavy atom. The second-order valence-electron chi connectivity index (χ2n) is 15.5. The number of hydrogen-bond acceptors (Lipinski definition) is 11. The lowest BCUT2D eigenvalue weighted by molar-refractivity contribution is -0.300. The molecule has 8 rings (SSSR count). The first kappa shape index (κ1) is 32.5. The standard InChI is InChI=1S/C36H46N2O10/c1-6-37-16-33(17-48-31(42)19-9-7-8-10-22(19)38-25(39)13-18(2)30(38)41)12-11-24(46-4)35-21-14-20-23(45-3)15-34(43,26(21)27(20)40)36(44,32(35)37)29(47-5)28(33)35/h7-10,18,20-21,23-24,26,28-29,32,43-44H,6,11-17H2,1-5H3/t18-,20-,21-,23-,24-,26+,28+,29-,32?,33-,34+,35?,36?/m0/s1. The van der Waals surface area contributed by atoms with Crippen LogP contribution in [-0.2, 0) is 33.3 Å². The van der Waals surface area contributed by atoms with Gasteiger partial charge in [-0.15, -0.1) is 0 Å². The van der Waals surface area contributed by atoms with Gasteiger partial charge in [0.25, 0.3) is 0 Å². The van der Waals surface area contributed by atoms with Crippen molar-refractivity contribution in [1.82, 2.24) is 4.90 Å². The number of benzene rings is 1. The summed E-state index contributed by atoms with van der Waals surface area (Å²) >= 11 is 0. The Balaban J connectivity index is 1.23. The van der Waals surface area contributed by atoms with Crippen molar-refractivity contribution < 1.29 is 48.3 Å². The number of esters is 1. The summed E-state index contributed by atoms with van der Waals surface area (Å²) in [7, 11) is 4.78. The molecule has 1 aromatic rings. The number of likely N-dealkylation sites (N-methyl/N-ethyl adjacent to an activating group) is 1. The number of anilines is 1. The second-order valence-corrected chi connectivity index (χ2v) is 15.5. The average molecular weight is 667 g/mol. The number of nitrogens with zero attached hydrogens (tertiary/aromatic N) is 2. The SMILES string of the molecule is CCN1C[C@]2(COC(=O)c3ccccc3N3C(=O)C[C@H](C)C3=O)CC[C@H](OC)C34C1C(O)([C@@H](OC)[C@@H]32)[C@@]1(O)C[C@H](OC)[C@@H]2C[C@H]4[C@@H]1C2=O. The molecule has 2 saturated heterocycles. The molecule has 2 heterocycles. The molecule has 13 atom stereocenters. The van der Waals surface area contributed by atoms with E-state index in [1.54, 1.807) is 52.5 Å². The van der Waals surface area contributed by atoms with Crippen LogP contribution >= 0.6 is 0 Å². The van der Waals surface area contributed by atoms with Crippen LogP contribution in [-0.4, -0.2) is 115 Å². The predicted octanol–water partition coefficient (Wildman–Crippen LogP) is 1.59. The maximum Gasteiger partial charge on any atom is 0.340 e. The van der Waals surface area contributed by atoms with Gasteiger partial charge >= 0.3 is 5.97 Å². The van der Waals surface area contributed by atoms with E-state index in [0.29, 0.717) is 32.4 Å². The van der Waals surface area contributed by atoms with E-state index in [2.05, 4.69) is 4.90 Å². The number of hydrogen-bond donors (Lipinski definition) is 2. The molecule has 7 fully saturated rings. The number of rotatable bonds is 8. The minimum absolute atomic E-state index is 0.0195. The summed E-state index contributed by atoms with van der Waals surface area (Å²) in [4.78, 5) is 57.2. The van der Waals surface area contributed by atoms with Crippen LogP contribution in [0.1, 0.15) is 56.3 Å². The number of fused-ring (bicyclic) bond motifs is 2. The van der Waals surface area contributed by atoms with Crippen molar-refractivity contribution in [2.75, 3.05) is 45.9 Å². The van der Waals surface area contributed by atoms with E-state index in [4.69, 9.17) is 18.9 Å². The second kappa shape index (κ2) is 10.6. The van der Waals surface area contributed by atoms with E-state index in [-0.39, 0.29) is 66.2 Å². The summed E-state index contributed by atoms with van der Waals surface area (Å²) in [5.41, 5.74) is -4.80. The summed E-state index contributed by atoms with van der Waals surface area (Å²) in [5.74, 6) is -3.81. The van der Waals surface area contributed by atoms with Crippen molar-refractivity contribution in [1.29, 1.82) is 0 Å². The Morgan fingerprint density at radius 1 is 1.06 bits per heavy atom. The first-order valence-electron chi connectivity index (χ1n) is 17.3. The number of ketones is 1. The Kier molecular flexibility index (Phi) is 7.19. The van der Waals surface area contributed by atoms with Crippen LogP contribution in [0.15, 0.2) is 24.3 Å². The highest BCUT2D eigenvalue weighted by molar-refractivity contribution is 6.22. The van der Waals surface area contributed by atoms with E-state index in [9.17, 15) is 29.4 Å². The van der Waals surface area contributed by atoms with Gasteiger partial charge in [0.2, 0.25) is 11.8 Å². The zero-order chi connectivity index (χ0) is 34.1. The predicted molar refractivity (Wildman–Crippen MR) is 169 cm³/mol. The van der Waals surface area contributed by atoms with Crippen molar-refractivity contribution in [2.45, 2.75) is 81.5 Å². The fraction of sp³-hybridized carbons (Fsp3) is 0.722. The molecule has 1 spiro atoms. The molecule has 0 radical (unpaired) electrons. The van der Waals surface area contributed by atoms with E-state index in [1.807, 2.05) is 6.92 Å². The maximum atomic E-state index is 14.1. The number of carbonyl (C=O) groups is 4. The molecule has 0 aromatic heterocycles. The molecule has 7 aliphatic rings. The lowest BCUT2D eigenvalue weighted by Gasteiger charge is -2.69. The van der Waals surface area contributed by atoms with Crippen LogP contribution in [0.25, 0.3) is 0 Å². The molecule has 5 saturated carbocycles. The van der Waals surface area contributed by atoms with Gasteiger partial charge < -0.3 is 29.2 Å². The number of methoxy groups -OCH3 is 3. The normalized spacial score (nSPS) is 47.2. The van der Waals surface area contributed by atoms with Crippen molar-refractivity contribution in [3.63, 3.8) is 0 Å². The van der Waals surface area contributed by atoms with Crippen molar-refractivity contribution in [2.24, 2.45) is 40.4 Å². The van der Waals surface area contributed by atoms with Crippen molar-refractivity contribution in [3.8, 4) is 0 Å². The van der Waals surface area contributed by atoms with Gasteiger partial charge in [-0.3, -0.25) is 19.3 Å². The van der Waals surface area contributed by atoms with Crippen LogP contribution in [0.3, 0.4) is 0 Å². The van der Waals surface area contributed by atoms with Crippen molar-refractivity contribution in [3.05, 3.63) is 29.8 Å². The van der Waals surface area contributed by atoms with Gasteiger partial charge in [-0.05, 0) is 43.9 Å². The number of para-hydroxylation sites is 1. The summed E-state index contributed by atoms with van der Waals surface area (Å²) in [6.07, 6.45) is 0.178. The topological polar surface area (TPSA) is 152 Å². The Morgan fingerprint density at radius 2 is 1.81 bits per heavy atom. The summed E-state index contributed by atoms with van der Waals surface area (Å²) < 4.78 is 24.7. The first-order valence-corrected chi connectivity index (χ1v) is 17.3. The number of ether oxygens (including phenoxy) is 4. The lowest BCUT2D eigenvalue weighted by atomic mass is 9.42. The summed E-state index contributed by atoms with van der Waals surface area (Å²) in [6.45, 7) is 4.72. The number of amides is 2. The molecule has 12 heteroatoms. The van der Waals surface area contributed by atoms with Crippen molar-refractivity contribution >= 4 is 29.3 Å². The monoisotopic (exact) mass is 666 g/mol. The molecule has 7 bridgehead atoms.